The van der Waals surface area contributed by atoms with Gasteiger partial charge in [-0.15, -0.1) is 0 Å². The normalized spacial score (nSPS) is 57.6. The fraction of sp³-hybridized carbons (Fsp3) is 1.00. The van der Waals surface area contributed by atoms with Crippen LogP contribution in [0.3, 0.4) is 0 Å². The van der Waals surface area contributed by atoms with Crippen LogP contribution in [0.2, 0.25) is 0 Å². The third-order valence-corrected chi connectivity index (χ3v) is 4.85. The van der Waals surface area contributed by atoms with Crippen LogP contribution in [0.5, 0.6) is 0 Å². The molecule has 0 spiro atoms. The summed E-state index contributed by atoms with van der Waals surface area (Å²) in [6.45, 7) is 0. The lowest BCUT2D eigenvalue weighted by molar-refractivity contribution is -0.205. The van der Waals surface area contributed by atoms with E-state index in [2.05, 4.69) is 0 Å². The minimum atomic E-state index is 0.936. The SMILES string of the molecule is C1CCC23CCC2(C1)CC3. The second-order valence-corrected chi connectivity index (χ2v) is 4.77. The summed E-state index contributed by atoms with van der Waals surface area (Å²) in [7, 11) is 0. The molecule has 0 aromatic rings. The van der Waals surface area contributed by atoms with E-state index < -0.39 is 0 Å². The van der Waals surface area contributed by atoms with Crippen molar-refractivity contribution < 1.29 is 0 Å². The molecule has 0 aliphatic heterocycles. The highest BCUT2D eigenvalue weighted by Crippen LogP contribution is 2.75. The van der Waals surface area contributed by atoms with Crippen LogP contribution in [0.4, 0.5) is 0 Å². The first-order chi connectivity index (χ1) is 4.87. The minimum Gasteiger partial charge on any atom is -0.0527 e. The zero-order chi connectivity index (χ0) is 6.66. The maximum absolute atomic E-state index is 1.59. The molecule has 0 atom stereocenters. The summed E-state index contributed by atoms with van der Waals surface area (Å²) in [4.78, 5) is 0. The van der Waals surface area contributed by atoms with Gasteiger partial charge in [0.15, 0.2) is 0 Å². The van der Waals surface area contributed by atoms with Crippen LogP contribution >= 0.6 is 0 Å². The van der Waals surface area contributed by atoms with Crippen molar-refractivity contribution >= 4 is 0 Å². The van der Waals surface area contributed by atoms with Crippen LogP contribution in [-0.4, -0.2) is 0 Å². The second kappa shape index (κ2) is 1.44. The van der Waals surface area contributed by atoms with E-state index in [9.17, 15) is 0 Å². The van der Waals surface area contributed by atoms with Crippen LogP contribution in [0.1, 0.15) is 51.4 Å². The summed E-state index contributed by atoms with van der Waals surface area (Å²) in [5.74, 6) is 0. The van der Waals surface area contributed by atoms with Gasteiger partial charge < -0.3 is 0 Å². The smallest absolute Gasteiger partial charge is 0.0241 e. The zero-order valence-electron chi connectivity index (χ0n) is 6.66. The first kappa shape index (κ1) is 5.62. The van der Waals surface area contributed by atoms with Crippen molar-refractivity contribution in [2.75, 3.05) is 0 Å². The molecular formula is C10H16. The maximum Gasteiger partial charge on any atom is -0.0241 e. The van der Waals surface area contributed by atoms with Gasteiger partial charge in [-0.2, -0.15) is 0 Å². The van der Waals surface area contributed by atoms with E-state index in [1.807, 2.05) is 0 Å². The highest BCUT2D eigenvalue weighted by molar-refractivity contribution is 5.15. The van der Waals surface area contributed by atoms with Gasteiger partial charge in [0.25, 0.3) is 0 Å². The van der Waals surface area contributed by atoms with Gasteiger partial charge in [0.2, 0.25) is 0 Å². The Bertz CT molecular complexity index is 141. The fourth-order valence-electron chi connectivity index (χ4n) is 3.87. The predicted octanol–water partition coefficient (Wildman–Crippen LogP) is 3.12. The summed E-state index contributed by atoms with van der Waals surface area (Å²) < 4.78 is 0. The van der Waals surface area contributed by atoms with Gasteiger partial charge in [0.1, 0.15) is 0 Å². The molecule has 3 aliphatic carbocycles. The van der Waals surface area contributed by atoms with Crippen LogP contribution in [-0.2, 0) is 0 Å². The van der Waals surface area contributed by atoms with Gasteiger partial charge in [-0.05, 0) is 49.4 Å². The summed E-state index contributed by atoms with van der Waals surface area (Å²) >= 11 is 0. The van der Waals surface area contributed by atoms with E-state index >= 15 is 0 Å². The molecule has 0 bridgehead atoms. The van der Waals surface area contributed by atoms with Gasteiger partial charge in [-0.1, -0.05) is 12.8 Å². The molecule has 56 valence electrons. The molecule has 3 rings (SSSR count). The lowest BCUT2D eigenvalue weighted by Gasteiger charge is -2.71. The Morgan fingerprint density at radius 2 is 0.900 bits per heavy atom. The predicted molar refractivity (Wildman–Crippen MR) is 41.8 cm³/mol. The van der Waals surface area contributed by atoms with Crippen LogP contribution < -0.4 is 0 Å². The van der Waals surface area contributed by atoms with Crippen LogP contribution in [0.15, 0.2) is 0 Å². The maximum atomic E-state index is 1.59. The summed E-state index contributed by atoms with van der Waals surface area (Å²) in [6, 6.07) is 0. The van der Waals surface area contributed by atoms with Crippen molar-refractivity contribution in [1.82, 2.24) is 0 Å². The van der Waals surface area contributed by atoms with Crippen molar-refractivity contribution in [3.63, 3.8) is 0 Å². The Morgan fingerprint density at radius 3 is 1.10 bits per heavy atom. The molecule has 0 saturated heterocycles. The highest BCUT2D eigenvalue weighted by Gasteiger charge is 2.64. The first-order valence-corrected chi connectivity index (χ1v) is 4.87. The molecule has 0 heterocycles. The highest BCUT2D eigenvalue weighted by atomic mass is 14.7. The van der Waals surface area contributed by atoms with E-state index in [0.29, 0.717) is 0 Å². The molecular weight excluding hydrogens is 120 g/mol. The van der Waals surface area contributed by atoms with Gasteiger partial charge in [-0.3, -0.25) is 0 Å². The average molecular weight is 136 g/mol. The summed E-state index contributed by atoms with van der Waals surface area (Å²) in [6.07, 6.45) is 12.6. The topological polar surface area (TPSA) is 0 Å². The monoisotopic (exact) mass is 136 g/mol. The lowest BCUT2D eigenvalue weighted by atomic mass is 9.34. The first-order valence-electron chi connectivity index (χ1n) is 4.87. The van der Waals surface area contributed by atoms with E-state index in [1.165, 1.54) is 0 Å². The quantitative estimate of drug-likeness (QED) is 0.480. The molecule has 0 radical (unpaired) electrons. The standard InChI is InChI=1S/C10H16/c1-2-4-10-7-5-9(10,3-1)6-8-10/h1-8H2. The van der Waals surface area contributed by atoms with Crippen molar-refractivity contribution in [2.45, 2.75) is 51.4 Å². The lowest BCUT2D eigenvalue weighted by Crippen LogP contribution is -2.60. The molecule has 10 heavy (non-hydrogen) atoms. The molecule has 0 aromatic carbocycles. The molecule has 3 fully saturated rings. The molecule has 0 unspecified atom stereocenters. The largest absolute Gasteiger partial charge is 0.0527 e. The Morgan fingerprint density at radius 1 is 0.500 bits per heavy atom. The fourth-order valence-corrected chi connectivity index (χ4v) is 3.87. The third-order valence-electron chi connectivity index (χ3n) is 4.85. The molecule has 0 amide bonds. The molecule has 0 heteroatoms. The van der Waals surface area contributed by atoms with Gasteiger partial charge >= 0.3 is 0 Å². The molecule has 0 nitrogen and oxygen atoms in total. The molecule has 3 aliphatic rings. The summed E-state index contributed by atoms with van der Waals surface area (Å²) in [5.41, 5.74) is 1.87. The Labute approximate surface area is 63.0 Å². The van der Waals surface area contributed by atoms with E-state index in [1.54, 1.807) is 51.4 Å². The minimum absolute atomic E-state index is 0.936. The van der Waals surface area contributed by atoms with E-state index in [0.717, 1.165) is 10.8 Å². The average Bonchev–Trinajstić information content (AvgIpc) is 1.86. The van der Waals surface area contributed by atoms with Gasteiger partial charge in [0.05, 0.1) is 0 Å². The number of rotatable bonds is 0. The Kier molecular flexibility index (Phi) is 0.810. The van der Waals surface area contributed by atoms with Crippen molar-refractivity contribution in [3.05, 3.63) is 0 Å². The van der Waals surface area contributed by atoms with Gasteiger partial charge in [-0.25, -0.2) is 0 Å². The Hall–Kier alpha value is 0. The van der Waals surface area contributed by atoms with Crippen molar-refractivity contribution in [1.29, 1.82) is 0 Å². The van der Waals surface area contributed by atoms with Crippen LogP contribution in [0, 0.1) is 10.8 Å². The number of hydrogen-bond donors (Lipinski definition) is 0. The molecule has 3 saturated carbocycles. The van der Waals surface area contributed by atoms with E-state index in [4.69, 9.17) is 0 Å². The molecule has 0 aromatic heterocycles. The second-order valence-electron chi connectivity index (χ2n) is 4.77. The summed E-state index contributed by atoms with van der Waals surface area (Å²) in [5, 5.41) is 0. The molecule has 0 N–H and O–H groups in total. The zero-order valence-corrected chi connectivity index (χ0v) is 6.66. The van der Waals surface area contributed by atoms with Gasteiger partial charge in [0, 0.05) is 0 Å². The number of hydrogen-bond acceptors (Lipinski definition) is 0. The Balaban J connectivity index is 1.93. The van der Waals surface area contributed by atoms with Crippen LogP contribution in [0.25, 0.3) is 0 Å². The van der Waals surface area contributed by atoms with Crippen molar-refractivity contribution in [3.8, 4) is 0 Å². The van der Waals surface area contributed by atoms with E-state index in [-0.39, 0.29) is 0 Å². The third kappa shape index (κ3) is 0.383. The van der Waals surface area contributed by atoms with Crippen molar-refractivity contribution in [2.24, 2.45) is 10.8 Å².